The van der Waals surface area contributed by atoms with Gasteiger partial charge in [0.05, 0.1) is 17.8 Å². The number of carbonyl (C=O) groups is 1. The first kappa shape index (κ1) is 23.0. The van der Waals surface area contributed by atoms with Gasteiger partial charge in [0.15, 0.2) is 0 Å². The van der Waals surface area contributed by atoms with Crippen molar-refractivity contribution >= 4 is 44.6 Å². The van der Waals surface area contributed by atoms with E-state index in [2.05, 4.69) is 26.2 Å². The molecule has 0 saturated heterocycles. The van der Waals surface area contributed by atoms with E-state index < -0.39 is 5.60 Å². The molecule has 0 radical (unpaired) electrons. The number of hydrogen-bond acceptors (Lipinski definition) is 6. The molecule has 1 aliphatic rings. The van der Waals surface area contributed by atoms with E-state index >= 15 is 0 Å². The Balaban J connectivity index is 1.61. The van der Waals surface area contributed by atoms with Gasteiger partial charge in [0.25, 0.3) is 5.56 Å². The second kappa shape index (κ2) is 9.35. The van der Waals surface area contributed by atoms with Gasteiger partial charge in [-0.15, -0.1) is 16.9 Å². The highest BCUT2D eigenvalue weighted by Gasteiger charge is 2.44. The third-order valence-electron chi connectivity index (χ3n) is 5.55. The number of aromatic nitrogens is 3. The zero-order chi connectivity index (χ0) is 22.9. The van der Waals surface area contributed by atoms with Crippen LogP contribution in [0.1, 0.15) is 33.6 Å². The summed E-state index contributed by atoms with van der Waals surface area (Å²) < 4.78 is 8.21. The fraction of sp³-hybridized carbons (Fsp3) is 0.417. The molecule has 8 heteroatoms. The van der Waals surface area contributed by atoms with Crippen LogP contribution in [0.3, 0.4) is 0 Å². The van der Waals surface area contributed by atoms with Crippen LogP contribution in [0.15, 0.2) is 62.7 Å². The molecule has 6 nitrogen and oxygen atoms in total. The second-order valence-electron chi connectivity index (χ2n) is 9.10. The van der Waals surface area contributed by atoms with E-state index in [1.165, 1.54) is 4.68 Å². The lowest BCUT2D eigenvalue weighted by molar-refractivity contribution is -0.161. The first-order valence-corrected chi connectivity index (χ1v) is 12.4. The van der Waals surface area contributed by atoms with Crippen LogP contribution in [0.25, 0.3) is 10.9 Å². The Bertz CT molecular complexity index is 1170. The van der Waals surface area contributed by atoms with E-state index in [1.807, 2.05) is 57.2 Å². The fourth-order valence-corrected chi connectivity index (χ4v) is 5.79. The Labute approximate surface area is 199 Å². The molecule has 0 N–H and O–H groups in total. The maximum atomic E-state index is 13.2. The van der Waals surface area contributed by atoms with Crippen LogP contribution in [0.2, 0.25) is 0 Å². The topological polar surface area (TPSA) is 74.1 Å². The van der Waals surface area contributed by atoms with Gasteiger partial charge in [-0.1, -0.05) is 33.3 Å². The van der Waals surface area contributed by atoms with Gasteiger partial charge < -0.3 is 4.74 Å². The zero-order valence-corrected chi connectivity index (χ0v) is 20.7. The van der Waals surface area contributed by atoms with Crippen molar-refractivity contribution in [3.8, 4) is 0 Å². The molecule has 0 aliphatic heterocycles. The Kier molecular flexibility index (Phi) is 6.72. The van der Waals surface area contributed by atoms with E-state index in [1.54, 1.807) is 23.9 Å². The predicted octanol–water partition coefficient (Wildman–Crippen LogP) is 5.08. The Morgan fingerprint density at radius 1 is 1.16 bits per heavy atom. The van der Waals surface area contributed by atoms with Crippen LogP contribution >= 0.6 is 27.7 Å². The standard InChI is InChI=1S/C24H26BrN3O3S/c1-24(2,3)31-23(30)21-15(8-13-20(21)32-17-11-9-16(25)10-12-17)14-28-22(29)18-6-4-5-7-19(18)26-27-28/h4-7,9-12,15,20-21H,8,13-14H2,1-3H3/t15-,20+,21-/m0/s1. The maximum Gasteiger partial charge on any atom is 0.310 e. The third kappa shape index (κ3) is 5.23. The van der Waals surface area contributed by atoms with Gasteiger partial charge in [-0.3, -0.25) is 9.59 Å². The van der Waals surface area contributed by atoms with Crippen LogP contribution in [-0.4, -0.2) is 31.8 Å². The minimum Gasteiger partial charge on any atom is -0.460 e. The molecular formula is C24H26BrN3O3S. The summed E-state index contributed by atoms with van der Waals surface area (Å²) in [5, 5.41) is 8.95. The second-order valence-corrected chi connectivity index (χ2v) is 11.3. The number of ether oxygens (including phenoxy) is 1. The molecule has 0 spiro atoms. The molecule has 1 aliphatic carbocycles. The first-order chi connectivity index (χ1) is 15.2. The van der Waals surface area contributed by atoms with Gasteiger partial charge in [0.2, 0.25) is 0 Å². The number of fused-ring (bicyclic) bond motifs is 1. The molecule has 2 aromatic carbocycles. The van der Waals surface area contributed by atoms with Crippen molar-refractivity contribution in [3.05, 3.63) is 63.4 Å². The van der Waals surface area contributed by atoms with Crippen LogP contribution in [0.5, 0.6) is 0 Å². The molecule has 0 bridgehead atoms. The van der Waals surface area contributed by atoms with E-state index in [-0.39, 0.29) is 28.6 Å². The normalized spacial score (nSPS) is 21.1. The molecule has 3 aromatic rings. The quantitative estimate of drug-likeness (QED) is 0.441. The lowest BCUT2D eigenvalue weighted by atomic mass is 9.95. The lowest BCUT2D eigenvalue weighted by Crippen LogP contribution is -2.37. The van der Waals surface area contributed by atoms with Crippen molar-refractivity contribution in [2.24, 2.45) is 11.8 Å². The van der Waals surface area contributed by atoms with E-state index in [4.69, 9.17) is 4.74 Å². The van der Waals surface area contributed by atoms with Crippen LogP contribution in [-0.2, 0) is 16.1 Å². The summed E-state index contributed by atoms with van der Waals surface area (Å²) >= 11 is 5.17. The largest absolute Gasteiger partial charge is 0.460 e. The number of hydrogen-bond donors (Lipinski definition) is 0. The van der Waals surface area contributed by atoms with Crippen molar-refractivity contribution < 1.29 is 9.53 Å². The third-order valence-corrected chi connectivity index (χ3v) is 7.45. The average molecular weight is 516 g/mol. The number of esters is 1. The molecule has 0 amide bonds. The first-order valence-electron chi connectivity index (χ1n) is 10.7. The molecule has 1 heterocycles. The molecule has 4 rings (SSSR count). The summed E-state index contributed by atoms with van der Waals surface area (Å²) in [4.78, 5) is 27.3. The Morgan fingerprint density at radius 2 is 1.88 bits per heavy atom. The number of carbonyl (C=O) groups excluding carboxylic acids is 1. The van der Waals surface area contributed by atoms with Gasteiger partial charge in [0.1, 0.15) is 11.1 Å². The van der Waals surface area contributed by atoms with E-state index in [9.17, 15) is 9.59 Å². The molecular weight excluding hydrogens is 490 g/mol. The minimum absolute atomic E-state index is 0.0500. The van der Waals surface area contributed by atoms with Gasteiger partial charge in [-0.2, -0.15) is 0 Å². The van der Waals surface area contributed by atoms with Crippen LogP contribution < -0.4 is 5.56 Å². The Morgan fingerprint density at radius 3 is 2.59 bits per heavy atom. The molecule has 1 saturated carbocycles. The molecule has 168 valence electrons. The van der Waals surface area contributed by atoms with Crippen molar-refractivity contribution in [2.45, 2.75) is 55.9 Å². The van der Waals surface area contributed by atoms with Crippen molar-refractivity contribution in [1.29, 1.82) is 0 Å². The van der Waals surface area contributed by atoms with Crippen LogP contribution in [0.4, 0.5) is 0 Å². The summed E-state index contributed by atoms with van der Waals surface area (Å²) in [6, 6.07) is 15.3. The number of halogens is 1. The van der Waals surface area contributed by atoms with Crippen molar-refractivity contribution in [2.75, 3.05) is 0 Å². The highest BCUT2D eigenvalue weighted by Crippen LogP contribution is 2.44. The highest BCUT2D eigenvalue weighted by molar-refractivity contribution is 9.10. The summed E-state index contributed by atoms with van der Waals surface area (Å²) in [5.41, 5.74) is -0.175. The molecule has 1 aromatic heterocycles. The number of benzene rings is 2. The summed E-state index contributed by atoms with van der Waals surface area (Å²) in [5.74, 6) is -0.592. The highest BCUT2D eigenvalue weighted by atomic mass is 79.9. The van der Waals surface area contributed by atoms with Gasteiger partial charge in [0, 0.05) is 14.6 Å². The lowest BCUT2D eigenvalue weighted by Gasteiger charge is -2.28. The maximum absolute atomic E-state index is 13.2. The summed E-state index contributed by atoms with van der Waals surface area (Å²) in [6.07, 6.45) is 1.68. The molecule has 32 heavy (non-hydrogen) atoms. The molecule has 1 fully saturated rings. The predicted molar refractivity (Wildman–Crippen MR) is 130 cm³/mol. The fourth-order valence-electron chi connectivity index (χ4n) is 4.15. The van der Waals surface area contributed by atoms with Gasteiger partial charge in [-0.25, -0.2) is 4.68 Å². The zero-order valence-electron chi connectivity index (χ0n) is 18.3. The summed E-state index contributed by atoms with van der Waals surface area (Å²) in [6.45, 7) is 5.99. The molecule has 0 unspecified atom stereocenters. The van der Waals surface area contributed by atoms with Crippen LogP contribution in [0, 0.1) is 11.8 Å². The Hall–Kier alpha value is -2.19. The number of nitrogens with zero attached hydrogens (tertiary/aromatic N) is 3. The van der Waals surface area contributed by atoms with Gasteiger partial charge in [-0.05, 0) is 75.9 Å². The average Bonchev–Trinajstić information content (AvgIpc) is 3.13. The van der Waals surface area contributed by atoms with Gasteiger partial charge >= 0.3 is 5.97 Å². The van der Waals surface area contributed by atoms with Crippen molar-refractivity contribution in [3.63, 3.8) is 0 Å². The SMILES string of the molecule is CC(C)(C)OC(=O)[C@H]1[C@H](Cn2nnc3ccccc3c2=O)CC[C@H]1Sc1ccc(Br)cc1. The smallest absolute Gasteiger partial charge is 0.310 e. The minimum atomic E-state index is -0.573. The van der Waals surface area contributed by atoms with E-state index in [0.717, 1.165) is 22.2 Å². The number of thioether (sulfide) groups is 1. The molecule has 3 atom stereocenters. The summed E-state index contributed by atoms with van der Waals surface area (Å²) in [7, 11) is 0. The monoisotopic (exact) mass is 515 g/mol. The van der Waals surface area contributed by atoms with E-state index in [0.29, 0.717) is 17.4 Å². The van der Waals surface area contributed by atoms with Crippen molar-refractivity contribution in [1.82, 2.24) is 15.0 Å². The number of rotatable bonds is 5.